The van der Waals surface area contributed by atoms with Crippen LogP contribution in [0, 0.1) is 13.8 Å². The first kappa shape index (κ1) is 22.0. The molecule has 0 radical (unpaired) electrons. The van der Waals surface area contributed by atoms with Crippen LogP contribution in [-0.4, -0.2) is 20.7 Å². The van der Waals surface area contributed by atoms with Crippen molar-refractivity contribution in [1.82, 2.24) is 20.1 Å². The molecule has 0 spiro atoms. The molecule has 0 saturated carbocycles. The van der Waals surface area contributed by atoms with Gasteiger partial charge in [-0.15, -0.1) is 0 Å². The number of halogens is 1. The number of anilines is 1. The van der Waals surface area contributed by atoms with E-state index in [-0.39, 0.29) is 18.1 Å². The lowest BCUT2D eigenvalue weighted by atomic mass is 9.84. The van der Waals surface area contributed by atoms with E-state index >= 15 is 0 Å². The number of amides is 1. The number of carbonyl (C=O) groups excluding carboxylic acids is 1. The number of fused-ring (bicyclic) bond motifs is 8. The Hall–Kier alpha value is -3.49. The third-order valence-electron chi connectivity index (χ3n) is 6.85. The average molecular weight is 530 g/mol. The van der Waals surface area contributed by atoms with Gasteiger partial charge in [0.05, 0.1) is 17.2 Å². The summed E-state index contributed by atoms with van der Waals surface area (Å²) in [7, 11) is 0. The highest BCUT2D eigenvalue weighted by Gasteiger charge is 2.43. The second kappa shape index (κ2) is 8.32. The SMILES string of the molecule is Cc1cc(N)nc(C)c1CNC(=O)c1ccc2c(c1)C1OC2c2ccc(Cn3cc(Br)cn3)cc21. The first-order chi connectivity index (χ1) is 16.9. The van der Waals surface area contributed by atoms with E-state index in [1.54, 1.807) is 6.20 Å². The van der Waals surface area contributed by atoms with Crippen LogP contribution in [0.25, 0.3) is 0 Å². The van der Waals surface area contributed by atoms with Crippen LogP contribution in [-0.2, 0) is 17.8 Å². The third-order valence-corrected chi connectivity index (χ3v) is 7.26. The Morgan fingerprint density at radius 1 is 1.09 bits per heavy atom. The van der Waals surface area contributed by atoms with E-state index in [1.165, 1.54) is 11.1 Å². The number of hydrogen-bond donors (Lipinski definition) is 2. The smallest absolute Gasteiger partial charge is 0.251 e. The third kappa shape index (κ3) is 3.83. The van der Waals surface area contributed by atoms with Crippen LogP contribution in [0.4, 0.5) is 5.82 Å². The van der Waals surface area contributed by atoms with Gasteiger partial charge in [-0.05, 0) is 86.9 Å². The lowest BCUT2D eigenvalue weighted by Crippen LogP contribution is -2.24. The minimum atomic E-state index is -0.159. The van der Waals surface area contributed by atoms with Gasteiger partial charge in [-0.1, -0.05) is 24.3 Å². The topological polar surface area (TPSA) is 95.1 Å². The summed E-state index contributed by atoms with van der Waals surface area (Å²) >= 11 is 3.45. The molecule has 2 bridgehead atoms. The van der Waals surface area contributed by atoms with E-state index in [0.29, 0.717) is 24.5 Å². The lowest BCUT2D eigenvalue weighted by molar-refractivity contribution is 0.0857. The number of aryl methyl sites for hydroxylation is 2. The van der Waals surface area contributed by atoms with Crippen LogP contribution in [0.3, 0.4) is 0 Å². The summed E-state index contributed by atoms with van der Waals surface area (Å²) in [6, 6.07) is 14.2. The zero-order valence-electron chi connectivity index (χ0n) is 19.4. The number of nitrogens with zero attached hydrogens (tertiary/aromatic N) is 3. The molecule has 4 heterocycles. The normalized spacial score (nSPS) is 17.3. The van der Waals surface area contributed by atoms with Gasteiger partial charge in [0.15, 0.2) is 0 Å². The quantitative estimate of drug-likeness (QED) is 0.389. The van der Waals surface area contributed by atoms with Crippen molar-refractivity contribution in [2.75, 3.05) is 5.73 Å². The summed E-state index contributed by atoms with van der Waals surface area (Å²) in [6.45, 7) is 4.97. The lowest BCUT2D eigenvalue weighted by Gasteiger charge is -2.18. The van der Waals surface area contributed by atoms with Crippen LogP contribution in [0.5, 0.6) is 0 Å². The molecule has 1 amide bonds. The molecule has 2 aliphatic heterocycles. The van der Waals surface area contributed by atoms with E-state index in [4.69, 9.17) is 10.5 Å². The second-order valence-corrected chi connectivity index (χ2v) is 10.1. The van der Waals surface area contributed by atoms with Gasteiger partial charge < -0.3 is 15.8 Å². The zero-order chi connectivity index (χ0) is 24.3. The van der Waals surface area contributed by atoms with E-state index < -0.39 is 0 Å². The van der Waals surface area contributed by atoms with Gasteiger partial charge in [-0.25, -0.2) is 4.98 Å². The molecule has 2 aliphatic rings. The molecule has 2 aromatic heterocycles. The highest BCUT2D eigenvalue weighted by Crippen LogP contribution is 2.54. The van der Waals surface area contributed by atoms with Crippen LogP contribution >= 0.6 is 15.9 Å². The van der Waals surface area contributed by atoms with E-state index in [0.717, 1.165) is 38.0 Å². The number of ether oxygens (including phenoxy) is 1. The highest BCUT2D eigenvalue weighted by atomic mass is 79.9. The number of nitrogens with two attached hydrogens (primary N) is 1. The maximum atomic E-state index is 13.0. The van der Waals surface area contributed by atoms with Crippen LogP contribution in [0.1, 0.15) is 67.2 Å². The fourth-order valence-electron chi connectivity index (χ4n) is 5.17. The van der Waals surface area contributed by atoms with Gasteiger partial charge in [0.2, 0.25) is 0 Å². The van der Waals surface area contributed by atoms with Crippen LogP contribution in [0.15, 0.2) is 59.3 Å². The van der Waals surface area contributed by atoms with Gasteiger partial charge in [-0.2, -0.15) is 5.10 Å². The Kier molecular flexibility index (Phi) is 5.23. The number of pyridine rings is 1. The number of carbonyl (C=O) groups is 1. The predicted octanol–water partition coefficient (Wildman–Crippen LogP) is 4.74. The molecule has 4 aromatic rings. The molecule has 0 aliphatic carbocycles. The van der Waals surface area contributed by atoms with Gasteiger partial charge in [0, 0.05) is 24.0 Å². The van der Waals surface area contributed by atoms with E-state index in [1.807, 2.05) is 49.0 Å². The molecule has 176 valence electrons. The maximum Gasteiger partial charge on any atom is 0.251 e. The highest BCUT2D eigenvalue weighted by molar-refractivity contribution is 9.10. The summed E-state index contributed by atoms with van der Waals surface area (Å²) in [5.74, 6) is 0.370. The molecule has 2 aromatic carbocycles. The number of hydrogen-bond acceptors (Lipinski definition) is 5. The number of aromatic nitrogens is 3. The fourth-order valence-corrected chi connectivity index (χ4v) is 5.50. The Morgan fingerprint density at radius 2 is 1.83 bits per heavy atom. The predicted molar refractivity (Wildman–Crippen MR) is 136 cm³/mol. The minimum absolute atomic E-state index is 0.0823. The van der Waals surface area contributed by atoms with E-state index in [9.17, 15) is 4.79 Å². The fraction of sp³-hybridized carbons (Fsp3) is 0.222. The van der Waals surface area contributed by atoms with Crippen molar-refractivity contribution in [2.24, 2.45) is 0 Å². The van der Waals surface area contributed by atoms with Crippen molar-refractivity contribution in [3.8, 4) is 0 Å². The standard InChI is InChI=1S/C27H24BrN5O2/c1-14-7-24(29)32-15(2)23(14)11-30-27(34)17-4-6-20-22(9-17)26-21-8-16(3-5-19(21)25(20)35-26)12-33-13-18(28)10-31-33/h3-10,13,25-26H,11-12H2,1-2H3,(H2,29,32)(H,30,34). The van der Waals surface area contributed by atoms with Crippen LogP contribution < -0.4 is 11.1 Å². The van der Waals surface area contributed by atoms with Gasteiger partial charge in [0.1, 0.15) is 18.0 Å². The van der Waals surface area contributed by atoms with Crippen molar-refractivity contribution in [1.29, 1.82) is 0 Å². The Morgan fingerprint density at radius 3 is 2.57 bits per heavy atom. The molecule has 2 unspecified atom stereocenters. The Bertz CT molecular complexity index is 1470. The monoisotopic (exact) mass is 529 g/mol. The first-order valence-corrected chi connectivity index (χ1v) is 12.3. The minimum Gasteiger partial charge on any atom is -0.384 e. The van der Waals surface area contributed by atoms with Crippen molar-refractivity contribution < 1.29 is 9.53 Å². The second-order valence-electron chi connectivity index (χ2n) is 9.17. The zero-order valence-corrected chi connectivity index (χ0v) is 21.0. The van der Waals surface area contributed by atoms with Crippen LogP contribution in [0.2, 0.25) is 0 Å². The van der Waals surface area contributed by atoms with Crippen molar-refractivity contribution in [3.63, 3.8) is 0 Å². The summed E-state index contributed by atoms with van der Waals surface area (Å²) in [5, 5.41) is 7.39. The molecule has 8 heteroatoms. The average Bonchev–Trinajstić information content (AvgIpc) is 3.51. The molecule has 6 rings (SSSR count). The first-order valence-electron chi connectivity index (χ1n) is 11.5. The summed E-state index contributed by atoms with van der Waals surface area (Å²) in [6.07, 6.45) is 3.50. The molecular weight excluding hydrogens is 506 g/mol. The van der Waals surface area contributed by atoms with Gasteiger partial charge in [-0.3, -0.25) is 9.48 Å². The number of nitrogens with one attached hydrogen (secondary N) is 1. The van der Waals surface area contributed by atoms with E-state index in [2.05, 4.69) is 49.5 Å². The van der Waals surface area contributed by atoms with Gasteiger partial charge >= 0.3 is 0 Å². The summed E-state index contributed by atoms with van der Waals surface area (Å²) < 4.78 is 9.20. The Balaban J connectivity index is 1.22. The number of nitrogen functional groups attached to an aromatic ring is 1. The summed E-state index contributed by atoms with van der Waals surface area (Å²) in [4.78, 5) is 17.3. The van der Waals surface area contributed by atoms with Crippen molar-refractivity contribution >= 4 is 27.7 Å². The molecule has 2 atom stereocenters. The van der Waals surface area contributed by atoms with Crippen molar-refractivity contribution in [2.45, 2.75) is 39.1 Å². The largest absolute Gasteiger partial charge is 0.384 e. The molecule has 7 nitrogen and oxygen atoms in total. The van der Waals surface area contributed by atoms with Crippen molar-refractivity contribution in [3.05, 3.63) is 110 Å². The Labute approximate surface area is 211 Å². The maximum absolute atomic E-state index is 13.0. The molecular formula is C27H24BrN5O2. The summed E-state index contributed by atoms with van der Waals surface area (Å²) in [5.41, 5.74) is 15.0. The van der Waals surface area contributed by atoms with Gasteiger partial charge in [0.25, 0.3) is 5.91 Å². The number of benzene rings is 2. The molecule has 3 N–H and O–H groups in total. The molecule has 0 fully saturated rings. The molecule has 35 heavy (non-hydrogen) atoms. The molecule has 0 saturated heterocycles. The number of rotatable bonds is 5.